The lowest BCUT2D eigenvalue weighted by atomic mass is 9.95. The molecule has 1 fully saturated rings. The first-order valence-corrected chi connectivity index (χ1v) is 7.03. The van der Waals surface area contributed by atoms with Crippen LogP contribution in [0, 0.1) is 23.0 Å². The molecule has 2 rings (SSSR count). The van der Waals surface area contributed by atoms with Gasteiger partial charge in [0.1, 0.15) is 16.4 Å². The van der Waals surface area contributed by atoms with Crippen LogP contribution in [0.5, 0.6) is 0 Å². The fourth-order valence-electron chi connectivity index (χ4n) is 1.98. The van der Waals surface area contributed by atoms with E-state index in [-0.39, 0.29) is 16.5 Å². The van der Waals surface area contributed by atoms with Crippen molar-refractivity contribution in [1.82, 2.24) is 0 Å². The highest BCUT2D eigenvalue weighted by atomic mass is 79.9. The molecule has 1 saturated heterocycles. The standard InChI is InChI=1S/C12H10BrF2NS/c13-9-2-3-10(14)8(11(9)15)6-12(7-16)4-1-5-17-12/h2-3H,1,4-6H2. The van der Waals surface area contributed by atoms with E-state index in [2.05, 4.69) is 22.0 Å². The molecule has 1 unspecified atom stereocenters. The number of thioether (sulfide) groups is 1. The molecule has 1 atom stereocenters. The molecule has 0 aliphatic carbocycles. The lowest BCUT2D eigenvalue weighted by molar-refractivity contribution is 0.533. The first kappa shape index (κ1) is 12.8. The molecule has 0 aromatic heterocycles. The molecule has 1 aromatic carbocycles. The summed E-state index contributed by atoms with van der Waals surface area (Å²) in [6, 6.07) is 4.79. The van der Waals surface area contributed by atoms with Crippen LogP contribution in [0.25, 0.3) is 0 Å². The second-order valence-electron chi connectivity index (χ2n) is 4.06. The van der Waals surface area contributed by atoms with Crippen LogP contribution in [0.1, 0.15) is 18.4 Å². The number of hydrogen-bond donors (Lipinski definition) is 0. The highest BCUT2D eigenvalue weighted by Gasteiger charge is 2.36. The Morgan fingerprint density at radius 1 is 1.47 bits per heavy atom. The third-order valence-corrected chi connectivity index (χ3v) is 5.01. The highest BCUT2D eigenvalue weighted by molar-refractivity contribution is 9.10. The number of nitriles is 1. The minimum absolute atomic E-state index is 0.00956. The van der Waals surface area contributed by atoms with Crippen molar-refractivity contribution < 1.29 is 8.78 Å². The lowest BCUT2D eigenvalue weighted by Gasteiger charge is -2.20. The van der Waals surface area contributed by atoms with E-state index in [0.29, 0.717) is 6.42 Å². The van der Waals surface area contributed by atoms with Crippen molar-refractivity contribution in [1.29, 1.82) is 5.26 Å². The number of benzene rings is 1. The van der Waals surface area contributed by atoms with Crippen molar-refractivity contribution in [3.63, 3.8) is 0 Å². The van der Waals surface area contributed by atoms with Gasteiger partial charge in [-0.15, -0.1) is 11.8 Å². The van der Waals surface area contributed by atoms with E-state index in [9.17, 15) is 14.0 Å². The molecule has 0 bridgehead atoms. The Bertz CT molecular complexity index is 478. The fraction of sp³-hybridized carbons (Fsp3) is 0.417. The van der Waals surface area contributed by atoms with Crippen LogP contribution in [0.3, 0.4) is 0 Å². The maximum absolute atomic E-state index is 13.8. The Morgan fingerprint density at radius 2 is 2.24 bits per heavy atom. The van der Waals surface area contributed by atoms with Crippen LogP contribution in [-0.4, -0.2) is 10.5 Å². The Morgan fingerprint density at radius 3 is 2.82 bits per heavy atom. The van der Waals surface area contributed by atoms with Crippen LogP contribution in [0.2, 0.25) is 0 Å². The molecule has 0 spiro atoms. The molecule has 0 N–H and O–H groups in total. The summed E-state index contributed by atoms with van der Waals surface area (Å²) in [6.07, 6.45) is 1.75. The Kier molecular flexibility index (Phi) is 3.74. The van der Waals surface area contributed by atoms with Gasteiger partial charge in [0.25, 0.3) is 0 Å². The van der Waals surface area contributed by atoms with E-state index in [4.69, 9.17) is 0 Å². The second kappa shape index (κ2) is 4.95. The smallest absolute Gasteiger partial charge is 0.143 e. The van der Waals surface area contributed by atoms with Gasteiger partial charge in [0.2, 0.25) is 0 Å². The minimum atomic E-state index is -0.664. The van der Waals surface area contributed by atoms with Crippen molar-refractivity contribution in [2.24, 2.45) is 0 Å². The quantitative estimate of drug-likeness (QED) is 0.768. The first-order chi connectivity index (χ1) is 8.08. The van der Waals surface area contributed by atoms with Gasteiger partial charge in [-0.1, -0.05) is 0 Å². The zero-order valence-corrected chi connectivity index (χ0v) is 11.4. The Labute approximate surface area is 111 Å². The molecule has 0 amide bonds. The van der Waals surface area contributed by atoms with Gasteiger partial charge < -0.3 is 0 Å². The van der Waals surface area contributed by atoms with Gasteiger partial charge in [0.15, 0.2) is 0 Å². The normalized spacial score (nSPS) is 23.6. The van der Waals surface area contributed by atoms with Gasteiger partial charge in [-0.3, -0.25) is 0 Å². The summed E-state index contributed by atoms with van der Waals surface area (Å²) in [5.74, 6) is -0.287. The number of nitrogens with zero attached hydrogens (tertiary/aromatic N) is 1. The predicted octanol–water partition coefficient (Wildman–Crippen LogP) is 4.06. The van der Waals surface area contributed by atoms with Crippen LogP contribution >= 0.6 is 27.7 Å². The third-order valence-electron chi connectivity index (χ3n) is 2.91. The maximum atomic E-state index is 13.8. The molecule has 90 valence electrons. The van der Waals surface area contributed by atoms with Gasteiger partial charge in [-0.05, 0) is 46.7 Å². The van der Waals surface area contributed by atoms with Gasteiger partial charge in [0.05, 0.1) is 10.5 Å². The largest absolute Gasteiger partial charge is 0.207 e. The van der Waals surface area contributed by atoms with E-state index < -0.39 is 16.4 Å². The Hall–Kier alpha value is -0.600. The molecule has 1 nitrogen and oxygen atoms in total. The van der Waals surface area contributed by atoms with E-state index in [1.807, 2.05) is 0 Å². The summed E-state index contributed by atoms with van der Waals surface area (Å²) in [5, 5.41) is 9.20. The molecular weight excluding hydrogens is 308 g/mol. The number of rotatable bonds is 2. The van der Waals surface area contributed by atoms with Crippen molar-refractivity contribution in [2.75, 3.05) is 5.75 Å². The van der Waals surface area contributed by atoms with Crippen LogP contribution in [-0.2, 0) is 6.42 Å². The first-order valence-electron chi connectivity index (χ1n) is 5.25. The molecule has 0 saturated carbocycles. The molecular formula is C12H10BrF2NS. The minimum Gasteiger partial charge on any atom is -0.207 e. The van der Waals surface area contributed by atoms with Gasteiger partial charge in [0, 0.05) is 12.0 Å². The zero-order chi connectivity index (χ0) is 12.5. The molecule has 1 aliphatic rings. The average molecular weight is 318 g/mol. The summed E-state index contributed by atoms with van der Waals surface area (Å²) >= 11 is 4.54. The van der Waals surface area contributed by atoms with Crippen molar-refractivity contribution in [3.05, 3.63) is 33.8 Å². The second-order valence-corrected chi connectivity index (χ2v) is 6.39. The molecule has 5 heteroatoms. The zero-order valence-electron chi connectivity index (χ0n) is 8.97. The van der Waals surface area contributed by atoms with Crippen molar-refractivity contribution in [2.45, 2.75) is 24.0 Å². The summed E-state index contributed by atoms with van der Waals surface area (Å²) < 4.78 is 27.0. The highest BCUT2D eigenvalue weighted by Crippen LogP contribution is 2.41. The van der Waals surface area contributed by atoms with Crippen molar-refractivity contribution in [3.8, 4) is 6.07 Å². The van der Waals surface area contributed by atoms with E-state index in [0.717, 1.165) is 12.2 Å². The topological polar surface area (TPSA) is 23.8 Å². The Balaban J connectivity index is 2.36. The van der Waals surface area contributed by atoms with E-state index >= 15 is 0 Å². The molecule has 17 heavy (non-hydrogen) atoms. The molecule has 1 aliphatic heterocycles. The van der Waals surface area contributed by atoms with Crippen molar-refractivity contribution >= 4 is 27.7 Å². The monoisotopic (exact) mass is 317 g/mol. The van der Waals surface area contributed by atoms with Crippen LogP contribution in [0.4, 0.5) is 8.78 Å². The summed E-state index contributed by atoms with van der Waals surface area (Å²) in [5.41, 5.74) is 0.00956. The SMILES string of the molecule is N#CC1(Cc2c(F)ccc(Br)c2F)CCCS1. The van der Waals surface area contributed by atoms with Gasteiger partial charge in [-0.25, -0.2) is 8.78 Å². The van der Waals surface area contributed by atoms with E-state index in [1.54, 1.807) is 0 Å². The average Bonchev–Trinajstić information content (AvgIpc) is 2.79. The summed E-state index contributed by atoms with van der Waals surface area (Å²) in [6.45, 7) is 0. The molecule has 0 radical (unpaired) electrons. The van der Waals surface area contributed by atoms with Gasteiger partial charge >= 0.3 is 0 Å². The van der Waals surface area contributed by atoms with Crippen LogP contribution in [0.15, 0.2) is 16.6 Å². The number of hydrogen-bond acceptors (Lipinski definition) is 2. The predicted molar refractivity (Wildman–Crippen MR) is 67.8 cm³/mol. The summed E-state index contributed by atoms with van der Waals surface area (Å²) in [7, 11) is 0. The maximum Gasteiger partial charge on any atom is 0.143 e. The lowest BCUT2D eigenvalue weighted by Crippen LogP contribution is -2.23. The summed E-state index contributed by atoms with van der Waals surface area (Å²) in [4.78, 5) is 0. The van der Waals surface area contributed by atoms with Crippen LogP contribution < -0.4 is 0 Å². The molecule has 1 heterocycles. The number of halogens is 3. The third kappa shape index (κ3) is 2.48. The fourth-order valence-corrected chi connectivity index (χ4v) is 3.63. The van der Waals surface area contributed by atoms with Gasteiger partial charge in [-0.2, -0.15) is 5.26 Å². The molecule has 1 aromatic rings. The van der Waals surface area contributed by atoms with E-state index in [1.165, 1.54) is 23.9 Å².